The van der Waals surface area contributed by atoms with E-state index in [1.165, 1.54) is 0 Å². The number of methoxy groups -OCH3 is 1. The van der Waals surface area contributed by atoms with Crippen molar-refractivity contribution in [3.63, 3.8) is 0 Å². The average Bonchev–Trinajstić information content (AvgIpc) is 2.86. The van der Waals surface area contributed by atoms with Crippen LogP contribution in [0.1, 0.15) is 30.5 Å². The van der Waals surface area contributed by atoms with E-state index in [4.69, 9.17) is 16.3 Å². The first-order chi connectivity index (χ1) is 16.9. The van der Waals surface area contributed by atoms with E-state index in [0.29, 0.717) is 29.7 Å². The summed E-state index contributed by atoms with van der Waals surface area (Å²) in [4.78, 5) is 28.9. The highest BCUT2D eigenvalue weighted by atomic mass is 35.5. The summed E-state index contributed by atoms with van der Waals surface area (Å²) >= 11 is 6.36. The van der Waals surface area contributed by atoms with Gasteiger partial charge in [-0.3, -0.25) is 9.59 Å². The SMILES string of the molecule is COc1cccc(CN(C(=O)Cc2ccccc2Cl)C(Cc2ccccc2)C(=O)NCC(C)C)c1. The first-order valence-corrected chi connectivity index (χ1v) is 12.2. The molecular formula is C29H33ClN2O3. The van der Waals surface area contributed by atoms with Crippen LogP contribution in [-0.2, 0) is 29.0 Å². The predicted molar refractivity (Wildman–Crippen MR) is 140 cm³/mol. The molecule has 2 amide bonds. The molecule has 3 aromatic rings. The standard InChI is InChI=1S/C29H33ClN2O3/c1-21(2)19-31-29(34)27(17-22-10-5-4-6-11-22)32(20-23-12-9-14-25(16-23)35-3)28(33)18-24-13-7-8-15-26(24)30/h4-16,21,27H,17-20H2,1-3H3,(H,31,34). The average molecular weight is 493 g/mol. The summed E-state index contributed by atoms with van der Waals surface area (Å²) < 4.78 is 5.38. The van der Waals surface area contributed by atoms with E-state index >= 15 is 0 Å². The molecule has 3 rings (SSSR count). The summed E-state index contributed by atoms with van der Waals surface area (Å²) in [6.45, 7) is 4.90. The summed E-state index contributed by atoms with van der Waals surface area (Å²) in [7, 11) is 1.61. The van der Waals surface area contributed by atoms with E-state index < -0.39 is 6.04 Å². The van der Waals surface area contributed by atoms with Crippen molar-refractivity contribution >= 4 is 23.4 Å². The number of carbonyl (C=O) groups excluding carboxylic acids is 2. The van der Waals surface area contributed by atoms with Gasteiger partial charge in [-0.2, -0.15) is 0 Å². The van der Waals surface area contributed by atoms with Crippen molar-refractivity contribution in [3.05, 3.63) is 101 Å². The van der Waals surface area contributed by atoms with Gasteiger partial charge in [0.05, 0.1) is 13.5 Å². The molecule has 0 aromatic heterocycles. The monoisotopic (exact) mass is 492 g/mol. The van der Waals surface area contributed by atoms with Crippen molar-refractivity contribution in [2.75, 3.05) is 13.7 Å². The largest absolute Gasteiger partial charge is 0.497 e. The van der Waals surface area contributed by atoms with Crippen LogP contribution in [0.2, 0.25) is 5.02 Å². The molecule has 0 spiro atoms. The summed E-state index contributed by atoms with van der Waals surface area (Å²) in [5.41, 5.74) is 2.60. The maximum absolute atomic E-state index is 13.8. The maximum Gasteiger partial charge on any atom is 0.243 e. The number of amides is 2. The number of rotatable bonds is 11. The summed E-state index contributed by atoms with van der Waals surface area (Å²) in [6, 6.07) is 24.0. The third kappa shape index (κ3) is 7.86. The van der Waals surface area contributed by atoms with Crippen LogP contribution >= 0.6 is 11.6 Å². The lowest BCUT2D eigenvalue weighted by atomic mass is 10.0. The molecule has 0 fully saturated rings. The van der Waals surface area contributed by atoms with Gasteiger partial charge in [-0.05, 0) is 40.8 Å². The van der Waals surface area contributed by atoms with Crippen LogP contribution in [-0.4, -0.2) is 36.4 Å². The molecule has 0 bridgehead atoms. The van der Waals surface area contributed by atoms with Crippen LogP contribution in [0.25, 0.3) is 0 Å². The molecule has 6 heteroatoms. The van der Waals surface area contributed by atoms with E-state index in [1.807, 2.05) is 86.6 Å². The molecular weight excluding hydrogens is 460 g/mol. The van der Waals surface area contributed by atoms with Crippen LogP contribution in [0.5, 0.6) is 5.75 Å². The molecule has 1 N–H and O–H groups in total. The highest BCUT2D eigenvalue weighted by molar-refractivity contribution is 6.31. The smallest absolute Gasteiger partial charge is 0.243 e. The first-order valence-electron chi connectivity index (χ1n) is 11.8. The number of nitrogens with one attached hydrogen (secondary N) is 1. The van der Waals surface area contributed by atoms with Gasteiger partial charge in [0.2, 0.25) is 11.8 Å². The fourth-order valence-corrected chi connectivity index (χ4v) is 4.05. The van der Waals surface area contributed by atoms with E-state index in [1.54, 1.807) is 18.1 Å². The minimum atomic E-state index is -0.683. The zero-order chi connectivity index (χ0) is 25.2. The molecule has 1 atom stereocenters. The molecule has 35 heavy (non-hydrogen) atoms. The summed E-state index contributed by atoms with van der Waals surface area (Å²) in [5.74, 6) is 0.659. The van der Waals surface area contributed by atoms with Gasteiger partial charge in [0.15, 0.2) is 0 Å². The zero-order valence-corrected chi connectivity index (χ0v) is 21.3. The lowest BCUT2D eigenvalue weighted by Crippen LogP contribution is -2.51. The van der Waals surface area contributed by atoms with Gasteiger partial charge in [0, 0.05) is 24.5 Å². The fraction of sp³-hybridized carbons (Fsp3) is 0.310. The third-order valence-corrected chi connectivity index (χ3v) is 6.11. The maximum atomic E-state index is 13.8. The van der Waals surface area contributed by atoms with Gasteiger partial charge in [0.1, 0.15) is 11.8 Å². The molecule has 3 aromatic carbocycles. The number of hydrogen-bond acceptors (Lipinski definition) is 3. The minimum absolute atomic E-state index is 0.104. The van der Waals surface area contributed by atoms with Crippen molar-refractivity contribution in [3.8, 4) is 5.75 Å². The Balaban J connectivity index is 1.98. The second-order valence-corrected chi connectivity index (χ2v) is 9.39. The number of benzene rings is 3. The van der Waals surface area contributed by atoms with Crippen molar-refractivity contribution in [2.45, 2.75) is 39.3 Å². The quantitative estimate of drug-likeness (QED) is 0.395. The van der Waals surface area contributed by atoms with Crippen LogP contribution in [0.15, 0.2) is 78.9 Å². The molecule has 0 heterocycles. The van der Waals surface area contributed by atoms with Gasteiger partial charge in [-0.25, -0.2) is 0 Å². The lowest BCUT2D eigenvalue weighted by molar-refractivity contribution is -0.140. The Labute approximate surface area is 213 Å². The first kappa shape index (κ1) is 26.3. The normalized spacial score (nSPS) is 11.7. The Morgan fingerprint density at radius 1 is 0.943 bits per heavy atom. The number of ether oxygens (including phenoxy) is 1. The Morgan fingerprint density at radius 2 is 1.63 bits per heavy atom. The highest BCUT2D eigenvalue weighted by Crippen LogP contribution is 2.21. The highest BCUT2D eigenvalue weighted by Gasteiger charge is 2.30. The van der Waals surface area contributed by atoms with Crippen LogP contribution in [0, 0.1) is 5.92 Å². The van der Waals surface area contributed by atoms with Gasteiger partial charge in [-0.15, -0.1) is 0 Å². The molecule has 0 saturated heterocycles. The molecule has 0 saturated carbocycles. The fourth-order valence-electron chi connectivity index (χ4n) is 3.85. The van der Waals surface area contributed by atoms with Crippen molar-refractivity contribution in [2.24, 2.45) is 5.92 Å². The number of halogens is 1. The summed E-state index contributed by atoms with van der Waals surface area (Å²) in [6.07, 6.45) is 0.509. The molecule has 5 nitrogen and oxygen atoms in total. The van der Waals surface area contributed by atoms with Crippen LogP contribution < -0.4 is 10.1 Å². The van der Waals surface area contributed by atoms with Crippen molar-refractivity contribution in [1.29, 1.82) is 0 Å². The Kier molecular flexibility index (Phi) is 9.74. The Bertz CT molecular complexity index is 1120. The molecule has 0 aliphatic carbocycles. The topological polar surface area (TPSA) is 58.6 Å². The second-order valence-electron chi connectivity index (χ2n) is 8.99. The Hall–Kier alpha value is -3.31. The zero-order valence-electron chi connectivity index (χ0n) is 20.5. The van der Waals surface area contributed by atoms with Crippen LogP contribution in [0.4, 0.5) is 0 Å². The molecule has 0 radical (unpaired) electrons. The van der Waals surface area contributed by atoms with Crippen molar-refractivity contribution < 1.29 is 14.3 Å². The third-order valence-electron chi connectivity index (χ3n) is 5.74. The molecule has 1 unspecified atom stereocenters. The summed E-state index contributed by atoms with van der Waals surface area (Å²) in [5, 5.41) is 3.57. The van der Waals surface area contributed by atoms with Gasteiger partial charge in [-0.1, -0.05) is 86.1 Å². The second kappa shape index (κ2) is 13.0. The van der Waals surface area contributed by atoms with E-state index in [0.717, 1.165) is 16.7 Å². The molecule has 0 aliphatic rings. The lowest BCUT2D eigenvalue weighted by Gasteiger charge is -2.32. The molecule has 184 valence electrons. The van der Waals surface area contributed by atoms with Crippen LogP contribution in [0.3, 0.4) is 0 Å². The van der Waals surface area contributed by atoms with E-state index in [9.17, 15) is 9.59 Å². The van der Waals surface area contributed by atoms with Gasteiger partial charge in [0.25, 0.3) is 0 Å². The predicted octanol–water partition coefficient (Wildman–Crippen LogP) is 5.30. The van der Waals surface area contributed by atoms with Gasteiger partial charge < -0.3 is 15.0 Å². The number of hydrogen-bond donors (Lipinski definition) is 1. The molecule has 0 aliphatic heterocycles. The van der Waals surface area contributed by atoms with E-state index in [-0.39, 0.29) is 24.8 Å². The van der Waals surface area contributed by atoms with Gasteiger partial charge >= 0.3 is 0 Å². The Morgan fingerprint density at radius 3 is 2.31 bits per heavy atom. The number of carbonyl (C=O) groups is 2. The van der Waals surface area contributed by atoms with E-state index in [2.05, 4.69) is 5.32 Å². The minimum Gasteiger partial charge on any atom is -0.497 e. The number of nitrogens with zero attached hydrogens (tertiary/aromatic N) is 1. The van der Waals surface area contributed by atoms with Crippen molar-refractivity contribution in [1.82, 2.24) is 10.2 Å².